The Morgan fingerprint density at radius 1 is 0.424 bits per heavy atom. The third-order valence-corrected chi connectivity index (χ3v) is 13.0. The quantitative estimate of drug-likeness (QED) is 0.110. The number of hydrogen-bond acceptors (Lipinski definition) is 3. The minimum Gasteiger partial charge on any atom is -0.507 e. The zero-order chi connectivity index (χ0) is 43.8. The number of phenols is 2. The molecule has 0 unspecified atom stereocenters. The molecule has 5 rings (SSSR count). The van der Waals surface area contributed by atoms with Gasteiger partial charge < -0.3 is 14.9 Å². The van der Waals surface area contributed by atoms with E-state index in [0.717, 1.165) is 67.4 Å². The second kappa shape index (κ2) is 18.7. The van der Waals surface area contributed by atoms with Gasteiger partial charge in [0.25, 0.3) is 0 Å². The lowest BCUT2D eigenvalue weighted by molar-refractivity contribution is 0.345. The van der Waals surface area contributed by atoms with Gasteiger partial charge in [0.05, 0.1) is 6.61 Å². The number of benzene rings is 5. The highest BCUT2D eigenvalue weighted by Gasteiger charge is 2.28. The van der Waals surface area contributed by atoms with Crippen molar-refractivity contribution < 1.29 is 14.9 Å². The van der Waals surface area contributed by atoms with Crippen LogP contribution in [-0.4, -0.2) is 36.3 Å². The molecule has 0 amide bonds. The summed E-state index contributed by atoms with van der Waals surface area (Å²) in [4.78, 5) is 0. The van der Waals surface area contributed by atoms with E-state index in [1.807, 2.05) is 0 Å². The van der Waals surface area contributed by atoms with E-state index in [0.29, 0.717) is 24.2 Å². The SMILES string of the molecule is Cc1cc(-c2cc(C)cc(-c3cc(C)cc(-c4c(C(C)C)cc(C(C)C)cc4C(C)C)c3O)c2OCCP(C)C)c(O)c(-c2c(C(C)C)cc(C(C)C)cc2C(C)C)c1. The summed E-state index contributed by atoms with van der Waals surface area (Å²) in [6.45, 7) is 38.5. The summed E-state index contributed by atoms with van der Waals surface area (Å²) in [7, 11) is -0.203. The third kappa shape index (κ3) is 9.78. The molecule has 0 fully saturated rings. The lowest BCUT2D eigenvalue weighted by Crippen LogP contribution is -2.06. The first-order valence-electron chi connectivity index (χ1n) is 22.1. The number of aryl methyl sites for hydroxylation is 3. The highest BCUT2D eigenvalue weighted by molar-refractivity contribution is 7.56. The van der Waals surface area contributed by atoms with Crippen LogP contribution in [0.5, 0.6) is 17.2 Å². The first kappa shape index (κ1) is 46.0. The van der Waals surface area contributed by atoms with Gasteiger partial charge in [-0.2, -0.15) is 0 Å². The van der Waals surface area contributed by atoms with E-state index < -0.39 is 0 Å². The number of hydrogen-bond donors (Lipinski definition) is 2. The maximum Gasteiger partial charge on any atom is 0.135 e. The van der Waals surface area contributed by atoms with E-state index in [4.69, 9.17) is 4.74 Å². The van der Waals surface area contributed by atoms with Gasteiger partial charge in [-0.3, -0.25) is 0 Å². The fourth-order valence-corrected chi connectivity index (χ4v) is 9.00. The van der Waals surface area contributed by atoms with Crippen LogP contribution in [0.15, 0.2) is 60.7 Å². The molecule has 4 heteroatoms. The second-order valence-corrected chi connectivity index (χ2v) is 21.9. The van der Waals surface area contributed by atoms with Crippen molar-refractivity contribution in [3.05, 3.63) is 111 Å². The van der Waals surface area contributed by atoms with Gasteiger partial charge in [-0.05, 0) is 167 Å². The topological polar surface area (TPSA) is 49.7 Å². The van der Waals surface area contributed by atoms with E-state index >= 15 is 0 Å². The average Bonchev–Trinajstić information content (AvgIpc) is 3.15. The van der Waals surface area contributed by atoms with Crippen LogP contribution < -0.4 is 4.74 Å². The second-order valence-electron chi connectivity index (χ2n) is 19.3. The zero-order valence-electron chi connectivity index (χ0n) is 39.4. The summed E-state index contributed by atoms with van der Waals surface area (Å²) in [6.07, 6.45) is 0.938. The highest BCUT2D eigenvalue weighted by Crippen LogP contribution is 2.52. The van der Waals surface area contributed by atoms with Gasteiger partial charge in [0.2, 0.25) is 0 Å². The summed E-state index contributed by atoms with van der Waals surface area (Å²) in [6, 6.07) is 22.2. The molecule has 316 valence electrons. The van der Waals surface area contributed by atoms with Gasteiger partial charge in [0.15, 0.2) is 0 Å². The number of aromatic hydroxyl groups is 2. The number of rotatable bonds is 14. The van der Waals surface area contributed by atoms with E-state index in [1.165, 1.54) is 33.4 Å². The molecule has 3 nitrogen and oxygen atoms in total. The van der Waals surface area contributed by atoms with E-state index in [2.05, 4.69) is 178 Å². The first-order valence-corrected chi connectivity index (χ1v) is 24.5. The Bertz CT molecular complexity index is 2090. The van der Waals surface area contributed by atoms with Gasteiger partial charge in [-0.1, -0.05) is 107 Å². The standard InChI is InChI=1S/C55H73O3P/c1-30(2)39-26-41(32(5)6)51(42(27-39)33(7)8)49-24-36(13)20-45(53(49)56)47-22-38(15)23-48(55(47)58-18-19-59(16)17)46-21-37(14)25-50(54(46)57)52-43(34(9)10)28-40(31(3)4)29-44(52)35(11)12/h20-35,56-57H,18-19H2,1-17H3. The van der Waals surface area contributed by atoms with E-state index in [1.54, 1.807) is 0 Å². The van der Waals surface area contributed by atoms with Crippen molar-refractivity contribution >= 4 is 7.92 Å². The smallest absolute Gasteiger partial charge is 0.135 e. The summed E-state index contributed by atoms with van der Waals surface area (Å²) < 4.78 is 6.95. The molecule has 0 aliphatic carbocycles. The van der Waals surface area contributed by atoms with Crippen LogP contribution >= 0.6 is 7.92 Å². The Morgan fingerprint density at radius 3 is 0.983 bits per heavy atom. The van der Waals surface area contributed by atoms with Crippen molar-refractivity contribution in [1.82, 2.24) is 0 Å². The fourth-order valence-electron chi connectivity index (χ4n) is 8.54. The minimum atomic E-state index is -0.203. The Hall–Kier alpha value is -4.07. The van der Waals surface area contributed by atoms with Gasteiger partial charge in [0.1, 0.15) is 17.2 Å². The maximum atomic E-state index is 12.7. The first-order chi connectivity index (χ1) is 27.6. The molecule has 0 aliphatic rings. The largest absolute Gasteiger partial charge is 0.507 e. The predicted molar refractivity (Wildman–Crippen MR) is 259 cm³/mol. The fraction of sp³-hybridized carbons (Fsp3) is 0.455. The van der Waals surface area contributed by atoms with Crippen molar-refractivity contribution in [3.8, 4) is 61.8 Å². The summed E-state index contributed by atoms with van der Waals surface area (Å²) in [5.74, 6) is 3.05. The summed E-state index contributed by atoms with van der Waals surface area (Å²) in [5.41, 5.74) is 18.0. The van der Waals surface area contributed by atoms with Crippen molar-refractivity contribution in [2.45, 2.75) is 139 Å². The van der Waals surface area contributed by atoms with Crippen LogP contribution in [0, 0.1) is 20.8 Å². The molecular formula is C55H73O3P. The van der Waals surface area contributed by atoms with Crippen LogP contribution in [0.2, 0.25) is 0 Å². The summed E-state index contributed by atoms with van der Waals surface area (Å²) >= 11 is 0. The van der Waals surface area contributed by atoms with Gasteiger partial charge in [0, 0.05) is 39.5 Å². The molecular weight excluding hydrogens is 740 g/mol. The number of phenolic OH excluding ortho intramolecular Hbond substituents is 2. The Kier molecular flexibility index (Phi) is 14.6. The normalized spacial score (nSPS) is 12.1. The molecule has 0 spiro atoms. The lowest BCUT2D eigenvalue weighted by Gasteiger charge is -2.26. The van der Waals surface area contributed by atoms with Crippen LogP contribution in [0.3, 0.4) is 0 Å². The third-order valence-electron chi connectivity index (χ3n) is 11.9. The average molecular weight is 813 g/mol. The molecule has 0 heterocycles. The highest BCUT2D eigenvalue weighted by atomic mass is 31.1. The lowest BCUT2D eigenvalue weighted by atomic mass is 9.80. The van der Waals surface area contributed by atoms with Crippen molar-refractivity contribution in [1.29, 1.82) is 0 Å². The minimum absolute atomic E-state index is 0.203. The summed E-state index contributed by atoms with van der Waals surface area (Å²) in [5, 5.41) is 25.4. The molecule has 0 aliphatic heterocycles. The van der Waals surface area contributed by atoms with Gasteiger partial charge in [-0.25, -0.2) is 0 Å². The molecule has 5 aromatic carbocycles. The molecule has 0 aromatic heterocycles. The zero-order valence-corrected chi connectivity index (χ0v) is 40.3. The molecule has 0 bridgehead atoms. The van der Waals surface area contributed by atoms with Crippen molar-refractivity contribution in [2.75, 3.05) is 26.1 Å². The van der Waals surface area contributed by atoms with E-state index in [9.17, 15) is 10.2 Å². The Balaban J connectivity index is 1.88. The Labute approximate surface area is 359 Å². The van der Waals surface area contributed by atoms with Crippen LogP contribution in [0.25, 0.3) is 44.5 Å². The van der Waals surface area contributed by atoms with Crippen LogP contribution in [-0.2, 0) is 0 Å². The Morgan fingerprint density at radius 2 is 0.712 bits per heavy atom. The van der Waals surface area contributed by atoms with Crippen LogP contribution in [0.4, 0.5) is 0 Å². The maximum absolute atomic E-state index is 12.7. The molecule has 0 saturated heterocycles. The molecule has 59 heavy (non-hydrogen) atoms. The molecule has 0 saturated carbocycles. The van der Waals surface area contributed by atoms with E-state index in [-0.39, 0.29) is 43.1 Å². The van der Waals surface area contributed by atoms with Crippen molar-refractivity contribution in [3.63, 3.8) is 0 Å². The predicted octanol–water partition coefficient (Wildman–Crippen LogP) is 16.6. The monoisotopic (exact) mass is 813 g/mol. The van der Waals surface area contributed by atoms with Gasteiger partial charge >= 0.3 is 0 Å². The molecule has 5 aromatic rings. The molecule has 0 atom stereocenters. The molecule has 2 N–H and O–H groups in total. The van der Waals surface area contributed by atoms with Crippen LogP contribution in [0.1, 0.15) is 169 Å². The van der Waals surface area contributed by atoms with Gasteiger partial charge in [-0.15, -0.1) is 7.92 Å². The number of ether oxygens (including phenoxy) is 1. The molecule has 0 radical (unpaired) electrons. The van der Waals surface area contributed by atoms with Crippen molar-refractivity contribution in [2.24, 2.45) is 0 Å².